The molecule has 0 bridgehead atoms. The number of carbonyl (C=O) groups is 2. The van der Waals surface area contributed by atoms with Gasteiger partial charge >= 0.3 is 124 Å². The molecular weight excluding hydrogens is 679 g/mol. The third-order valence-electron chi connectivity index (χ3n) is 8.08. The first-order valence-corrected chi connectivity index (χ1v) is 16.1. The maximum absolute atomic E-state index is 15.7. The van der Waals surface area contributed by atoms with Gasteiger partial charge in [0.05, 0.1) is 24.1 Å². The Hall–Kier alpha value is 1.20. The Morgan fingerprint density at radius 3 is 2.18 bits per heavy atom. The second kappa shape index (κ2) is 16.9. The number of piperidine rings is 1. The van der Waals surface area contributed by atoms with E-state index < -0.39 is 61.7 Å². The van der Waals surface area contributed by atoms with E-state index in [0.29, 0.717) is 12.8 Å². The van der Waals surface area contributed by atoms with Crippen molar-refractivity contribution >= 4 is 43.7 Å². The van der Waals surface area contributed by atoms with E-state index in [0.717, 1.165) is 18.9 Å². The molecule has 45 heavy (non-hydrogen) atoms. The van der Waals surface area contributed by atoms with Gasteiger partial charge in [0.25, 0.3) is 0 Å². The zero-order chi connectivity index (χ0) is 30.0. The van der Waals surface area contributed by atoms with Crippen LogP contribution >= 0.6 is 15.2 Å². The first-order chi connectivity index (χ1) is 19.1. The number of nitrogens with zero attached hydrogens (tertiary/aromatic N) is 3. The average molecular weight is 705 g/mol. The van der Waals surface area contributed by atoms with Crippen molar-refractivity contribution in [3.63, 3.8) is 0 Å². The molecule has 2 atom stereocenters. The number of carboxylic acid groups (broad SMARTS) is 1. The van der Waals surface area contributed by atoms with Crippen LogP contribution in [0.15, 0.2) is 17.1 Å². The van der Waals surface area contributed by atoms with Crippen molar-refractivity contribution in [3.8, 4) is 5.75 Å². The van der Waals surface area contributed by atoms with Crippen molar-refractivity contribution in [2.75, 3.05) is 31.6 Å². The van der Waals surface area contributed by atoms with E-state index in [2.05, 4.69) is 0 Å². The Morgan fingerprint density at radius 1 is 1.07 bits per heavy atom. The zero-order valence-electron chi connectivity index (χ0n) is 25.8. The van der Waals surface area contributed by atoms with Crippen LogP contribution in [0.2, 0.25) is 0 Å². The Morgan fingerprint density at radius 2 is 1.67 bits per heavy atom. The molecule has 1 N–H and O–H groups in total. The summed E-state index contributed by atoms with van der Waals surface area (Å²) in [6.07, 6.45) is 2.43. The van der Waals surface area contributed by atoms with E-state index in [1.165, 1.54) is 18.2 Å². The second-order valence-corrected chi connectivity index (χ2v) is 14.5. The number of ether oxygens (including phenoxy) is 1. The van der Waals surface area contributed by atoms with Gasteiger partial charge in [0, 0.05) is 43.7 Å². The van der Waals surface area contributed by atoms with Crippen LogP contribution < -0.4 is 153 Å². The molecule has 1 amide bonds. The number of amides is 1. The topological polar surface area (TPSA) is 218 Å². The number of hydrogen-bond acceptors (Lipinski definition) is 11. The fraction of sp³-hybridized carbons (Fsp3) is 0.542. The van der Waals surface area contributed by atoms with E-state index in [1.807, 2.05) is 0 Å². The van der Waals surface area contributed by atoms with Gasteiger partial charge in [-0.15, -0.1) is 0 Å². The molecule has 1 saturated carbocycles. The Bertz CT molecular complexity index is 1580. The molecule has 2 aliphatic heterocycles. The number of rotatable bonds is 8. The number of carbonyl (C=O) groups excluding carboxylic acids is 1. The molecule has 3 aliphatic rings. The van der Waals surface area contributed by atoms with Crippen molar-refractivity contribution in [1.82, 2.24) is 9.47 Å². The molecule has 1 aromatic heterocycles. The minimum atomic E-state index is -5.93. The average Bonchev–Trinajstić information content (AvgIpc) is 3.62. The maximum Gasteiger partial charge on any atom is 1.00 e. The monoisotopic (exact) mass is 705 g/mol. The number of methoxy groups -OCH3 is 1. The number of carboxylic acids is 1. The molecule has 0 unspecified atom stereocenters. The molecule has 14 nitrogen and oxygen atoms in total. The van der Waals surface area contributed by atoms with Crippen LogP contribution in [-0.4, -0.2) is 64.6 Å². The summed E-state index contributed by atoms with van der Waals surface area (Å²) in [5, 5.41) is 6.46. The molecule has 0 radical (unpaired) electrons. The summed E-state index contributed by atoms with van der Waals surface area (Å²) in [5.74, 6) is -3.52. The van der Waals surface area contributed by atoms with Crippen LogP contribution in [0.3, 0.4) is 0 Å². The van der Waals surface area contributed by atoms with Crippen molar-refractivity contribution in [2.24, 2.45) is 5.92 Å². The third-order valence-corrected chi connectivity index (χ3v) is 11.6. The fourth-order valence-corrected chi connectivity index (χ4v) is 8.21. The molecular formula is C24H26FN3Na4O11P2. The van der Waals surface area contributed by atoms with Gasteiger partial charge in [-0.3, -0.25) is 9.59 Å². The molecule has 21 heteroatoms. The van der Waals surface area contributed by atoms with Gasteiger partial charge in [0.1, 0.15) is 11.3 Å². The van der Waals surface area contributed by atoms with Gasteiger partial charge in [-0.1, -0.05) is 15.2 Å². The normalized spacial score (nSPS) is 19.5. The van der Waals surface area contributed by atoms with Gasteiger partial charge in [-0.2, -0.15) is 0 Å². The van der Waals surface area contributed by atoms with Gasteiger partial charge in [0.15, 0.2) is 11.6 Å². The first kappa shape index (κ1) is 44.2. The largest absolute Gasteiger partial charge is 1.00 e. The first-order valence-electron chi connectivity index (χ1n) is 12.9. The summed E-state index contributed by atoms with van der Waals surface area (Å²) in [7, 11) is -10.6. The van der Waals surface area contributed by atoms with E-state index in [9.17, 15) is 48.2 Å². The summed E-state index contributed by atoms with van der Waals surface area (Å²) in [6.45, 7) is 0.363. The van der Waals surface area contributed by atoms with Crippen LogP contribution in [0.1, 0.15) is 48.5 Å². The van der Waals surface area contributed by atoms with E-state index in [1.54, 1.807) is 9.47 Å². The Labute approximate surface area is 346 Å². The molecule has 1 aliphatic carbocycles. The predicted molar refractivity (Wildman–Crippen MR) is 134 cm³/mol. The van der Waals surface area contributed by atoms with Gasteiger partial charge in [-0.05, 0) is 37.7 Å². The van der Waals surface area contributed by atoms with Gasteiger partial charge in [-0.25, -0.2) is 9.18 Å². The molecule has 224 valence electrons. The van der Waals surface area contributed by atoms with Crippen LogP contribution in [0.25, 0.3) is 10.9 Å². The molecule has 2 saturated heterocycles. The number of halogens is 1. The molecule has 1 aromatic carbocycles. The van der Waals surface area contributed by atoms with Crippen molar-refractivity contribution in [3.05, 3.63) is 33.9 Å². The number of fused-ring (bicyclic) bond motifs is 2. The van der Waals surface area contributed by atoms with E-state index >= 15 is 4.39 Å². The van der Waals surface area contributed by atoms with Crippen molar-refractivity contribution < 1.29 is 171 Å². The Balaban J connectivity index is 0.00000253. The second-order valence-electron chi connectivity index (χ2n) is 10.7. The summed E-state index contributed by atoms with van der Waals surface area (Å²) < 4.78 is 45.9. The molecule has 2 aromatic rings. The van der Waals surface area contributed by atoms with E-state index in [4.69, 9.17) is 4.74 Å². The molecule has 0 spiro atoms. The Kier molecular flexibility index (Phi) is 16.6. The molecule has 3 heterocycles. The number of likely N-dealkylation sites (tertiary alicyclic amines) is 1. The minimum absolute atomic E-state index is 0. The summed E-state index contributed by atoms with van der Waals surface area (Å²) in [6, 6.07) is 0.241. The smallest absolute Gasteiger partial charge is 0.810 e. The molecule has 5 rings (SSSR count). The van der Waals surface area contributed by atoms with Crippen molar-refractivity contribution in [1.29, 1.82) is 0 Å². The number of benzene rings is 1. The minimum Gasteiger partial charge on any atom is -0.810 e. The molecule has 3 fully saturated rings. The van der Waals surface area contributed by atoms with Gasteiger partial charge in [0.2, 0.25) is 11.3 Å². The van der Waals surface area contributed by atoms with Crippen molar-refractivity contribution in [2.45, 2.75) is 49.6 Å². The van der Waals surface area contributed by atoms with Crippen LogP contribution in [0.5, 0.6) is 5.75 Å². The fourth-order valence-electron chi connectivity index (χ4n) is 6.07. The zero-order valence-corrected chi connectivity index (χ0v) is 35.6. The number of aromatic nitrogens is 1. The number of anilines is 1. The van der Waals surface area contributed by atoms with Crippen LogP contribution in [0, 0.1) is 11.7 Å². The predicted octanol–water partition coefficient (Wildman–Crippen LogP) is -12.8. The standard InChI is InChI=1S/C24H30FN3O11P2.4Na/c1-39-23-20-14(22(30)15(24(31)32)10-28(20)13-4-5-13)7-16(25)21(23)26-9-12-3-2-6-27(17(12)11-26)18(29)8-19(40(33,34)35)41(36,37)38;;;;/h7,10,12-13,17,19H,2-6,8-9,11H2,1H3,(H,31,32)(H2,33,34,35)(H2,36,37,38);;;;/q;4*+1/p-4/t12-,17+;;;;/m0..../s1. The number of pyridine rings is 1. The van der Waals surface area contributed by atoms with Crippen LogP contribution in [0.4, 0.5) is 10.1 Å². The number of hydrogen-bond donors (Lipinski definition) is 1. The van der Waals surface area contributed by atoms with Crippen LogP contribution in [-0.2, 0) is 13.9 Å². The SMILES string of the molecule is COc1c(N2C[C@@H]3CCCN(C(=O)CC(P(=O)([O-])[O-])P(=O)([O-])[O-])[C@@H]3C2)c(F)cc2c(=O)c(C(=O)O)cn(C3CC3)c12.[Na+].[Na+].[Na+].[Na+]. The third kappa shape index (κ3) is 9.11. The van der Waals surface area contributed by atoms with E-state index in [-0.39, 0.29) is 172 Å². The summed E-state index contributed by atoms with van der Waals surface area (Å²) >= 11 is 0. The maximum atomic E-state index is 15.7. The summed E-state index contributed by atoms with van der Waals surface area (Å²) in [5.41, 5.74) is -1.14. The van der Waals surface area contributed by atoms with Gasteiger partial charge < -0.3 is 52.9 Å². The summed E-state index contributed by atoms with van der Waals surface area (Å²) in [4.78, 5) is 86.3. The number of aromatic carboxylic acids is 1. The quantitative estimate of drug-likeness (QED) is 0.200.